The average Bonchev–Trinajstić information content (AvgIpc) is 2.91. The van der Waals surface area contributed by atoms with Gasteiger partial charge in [0, 0.05) is 13.6 Å². The molecule has 0 unspecified atom stereocenters. The number of rotatable bonds is 6. The molecule has 0 atom stereocenters. The number of hydrogen-bond donors (Lipinski definition) is 2. The van der Waals surface area contributed by atoms with Crippen LogP contribution >= 0.6 is 0 Å². The predicted octanol–water partition coefficient (Wildman–Crippen LogP) is 1.86. The summed E-state index contributed by atoms with van der Waals surface area (Å²) in [6, 6.07) is 5.09. The maximum absolute atomic E-state index is 11.2. The summed E-state index contributed by atoms with van der Waals surface area (Å²) in [7, 11) is 1.65. The van der Waals surface area contributed by atoms with E-state index in [4.69, 9.17) is 0 Å². The quantitative estimate of drug-likeness (QED) is 0.617. The molecule has 8 heteroatoms. The highest BCUT2D eigenvalue weighted by molar-refractivity contribution is 5.75. The van der Waals surface area contributed by atoms with Crippen LogP contribution in [-0.4, -0.2) is 26.7 Å². The van der Waals surface area contributed by atoms with Crippen molar-refractivity contribution >= 4 is 17.1 Å². The third kappa shape index (κ3) is 2.68. The number of nitro groups is 1. The van der Waals surface area contributed by atoms with Crippen molar-refractivity contribution in [2.45, 2.75) is 20.0 Å². The molecule has 0 fully saturated rings. The third-order valence-electron chi connectivity index (χ3n) is 2.96. The van der Waals surface area contributed by atoms with Gasteiger partial charge in [-0.05, 0) is 19.1 Å². The second-order valence-electron chi connectivity index (χ2n) is 4.10. The van der Waals surface area contributed by atoms with Crippen LogP contribution < -0.4 is 10.6 Å². The lowest BCUT2D eigenvalue weighted by molar-refractivity contribution is -0.383. The van der Waals surface area contributed by atoms with Gasteiger partial charge in [0.15, 0.2) is 5.82 Å². The minimum atomic E-state index is -0.404. The average molecular weight is 276 g/mol. The number of benzene rings is 1. The molecule has 2 N–H and O–H groups in total. The van der Waals surface area contributed by atoms with E-state index in [1.165, 1.54) is 0 Å². The smallest absolute Gasteiger partial charge is 0.315 e. The Kier molecular flexibility index (Phi) is 4.14. The highest BCUT2D eigenvalue weighted by atomic mass is 16.6. The standard InChI is InChI=1S/C12H16N6O2/c1-3-17-8-15-16-11(17)7-14-10-6-4-5-9(13-2)12(10)18(19)20/h4-6,8,13-14H,3,7H2,1-2H3. The van der Waals surface area contributed by atoms with Crippen molar-refractivity contribution in [2.75, 3.05) is 17.7 Å². The molecule has 0 spiro atoms. The zero-order chi connectivity index (χ0) is 14.5. The molecule has 0 saturated carbocycles. The van der Waals surface area contributed by atoms with E-state index in [2.05, 4.69) is 20.8 Å². The van der Waals surface area contributed by atoms with Crippen molar-refractivity contribution in [3.05, 3.63) is 40.5 Å². The first kappa shape index (κ1) is 13.8. The van der Waals surface area contributed by atoms with Crippen LogP contribution in [0.2, 0.25) is 0 Å². The lowest BCUT2D eigenvalue weighted by Gasteiger charge is -2.10. The first-order chi connectivity index (χ1) is 9.67. The molecule has 0 aliphatic carbocycles. The van der Waals surface area contributed by atoms with Gasteiger partial charge in [-0.25, -0.2) is 0 Å². The van der Waals surface area contributed by atoms with Crippen LogP contribution in [0.4, 0.5) is 17.1 Å². The van der Waals surface area contributed by atoms with E-state index in [-0.39, 0.29) is 5.69 Å². The number of nitrogens with zero attached hydrogens (tertiary/aromatic N) is 4. The van der Waals surface area contributed by atoms with Crippen molar-refractivity contribution < 1.29 is 4.92 Å². The van der Waals surface area contributed by atoms with Crippen molar-refractivity contribution in [1.82, 2.24) is 14.8 Å². The molecule has 1 heterocycles. The zero-order valence-corrected chi connectivity index (χ0v) is 11.3. The fourth-order valence-electron chi connectivity index (χ4n) is 1.94. The van der Waals surface area contributed by atoms with E-state index >= 15 is 0 Å². The molecule has 2 aromatic rings. The molecule has 0 amide bonds. The second-order valence-corrected chi connectivity index (χ2v) is 4.10. The van der Waals surface area contributed by atoms with Gasteiger partial charge in [-0.3, -0.25) is 10.1 Å². The van der Waals surface area contributed by atoms with Crippen molar-refractivity contribution in [3.8, 4) is 0 Å². The SMILES string of the molecule is CCn1cnnc1CNc1cccc(NC)c1[N+](=O)[O-]. The number of nitrogens with one attached hydrogen (secondary N) is 2. The van der Waals surface area contributed by atoms with Crippen LogP contribution in [0.1, 0.15) is 12.7 Å². The minimum absolute atomic E-state index is 0.0255. The van der Waals surface area contributed by atoms with Gasteiger partial charge in [0.1, 0.15) is 17.7 Å². The van der Waals surface area contributed by atoms with Crippen molar-refractivity contribution in [3.63, 3.8) is 0 Å². The van der Waals surface area contributed by atoms with E-state index in [9.17, 15) is 10.1 Å². The van der Waals surface area contributed by atoms with E-state index in [1.54, 1.807) is 31.6 Å². The summed E-state index contributed by atoms with van der Waals surface area (Å²) in [4.78, 5) is 10.8. The third-order valence-corrected chi connectivity index (χ3v) is 2.96. The molecule has 0 aliphatic heterocycles. The largest absolute Gasteiger partial charge is 0.382 e. The molecule has 106 valence electrons. The molecule has 8 nitrogen and oxygen atoms in total. The van der Waals surface area contributed by atoms with Crippen molar-refractivity contribution in [1.29, 1.82) is 0 Å². The van der Waals surface area contributed by atoms with E-state index < -0.39 is 4.92 Å². The summed E-state index contributed by atoms with van der Waals surface area (Å²) in [5.74, 6) is 0.733. The number of para-hydroxylation sites is 1. The molecule has 1 aromatic heterocycles. The van der Waals surface area contributed by atoms with Gasteiger partial charge < -0.3 is 15.2 Å². The summed E-state index contributed by atoms with van der Waals surface area (Å²) in [5, 5.41) is 24.8. The summed E-state index contributed by atoms with van der Waals surface area (Å²) in [5.41, 5.74) is 0.946. The number of anilines is 2. The number of hydrogen-bond acceptors (Lipinski definition) is 6. The monoisotopic (exact) mass is 276 g/mol. The van der Waals surface area contributed by atoms with Crippen LogP contribution in [0.5, 0.6) is 0 Å². The van der Waals surface area contributed by atoms with E-state index in [0.717, 1.165) is 12.4 Å². The Morgan fingerprint density at radius 1 is 1.40 bits per heavy atom. The van der Waals surface area contributed by atoms with Gasteiger partial charge in [-0.15, -0.1) is 10.2 Å². The Morgan fingerprint density at radius 3 is 2.80 bits per heavy atom. The Bertz CT molecular complexity index is 610. The van der Waals surface area contributed by atoms with Crippen molar-refractivity contribution in [2.24, 2.45) is 0 Å². The van der Waals surface area contributed by atoms with Crippen LogP contribution in [0.15, 0.2) is 24.5 Å². The highest BCUT2D eigenvalue weighted by Gasteiger charge is 2.18. The van der Waals surface area contributed by atoms with E-state index in [0.29, 0.717) is 17.9 Å². The second kappa shape index (κ2) is 6.00. The van der Waals surface area contributed by atoms with Crippen LogP contribution in [0.3, 0.4) is 0 Å². The Labute approximate surface area is 116 Å². The summed E-state index contributed by atoms with van der Waals surface area (Å²) in [6.07, 6.45) is 1.63. The van der Waals surface area contributed by atoms with Crippen LogP contribution in [0.25, 0.3) is 0 Å². The van der Waals surface area contributed by atoms with Gasteiger partial charge in [0.05, 0.1) is 11.5 Å². The Balaban J connectivity index is 2.23. The summed E-state index contributed by atoms with van der Waals surface area (Å²) >= 11 is 0. The van der Waals surface area contributed by atoms with Gasteiger partial charge >= 0.3 is 5.69 Å². The Morgan fingerprint density at radius 2 is 2.15 bits per heavy atom. The molecular formula is C12H16N6O2. The first-order valence-corrected chi connectivity index (χ1v) is 6.23. The first-order valence-electron chi connectivity index (χ1n) is 6.23. The number of aromatic nitrogens is 3. The van der Waals surface area contributed by atoms with Gasteiger partial charge in [0.25, 0.3) is 0 Å². The maximum Gasteiger partial charge on any atom is 0.315 e. The number of nitro benzene ring substituents is 1. The minimum Gasteiger partial charge on any atom is -0.382 e. The van der Waals surface area contributed by atoms with Crippen LogP contribution in [0, 0.1) is 10.1 Å². The normalized spacial score (nSPS) is 10.3. The molecule has 0 bridgehead atoms. The summed E-state index contributed by atoms with van der Waals surface area (Å²) < 4.78 is 1.88. The lowest BCUT2D eigenvalue weighted by atomic mass is 10.2. The fourth-order valence-corrected chi connectivity index (χ4v) is 1.94. The van der Waals surface area contributed by atoms with Gasteiger partial charge in [-0.1, -0.05) is 6.07 Å². The zero-order valence-electron chi connectivity index (χ0n) is 11.3. The molecular weight excluding hydrogens is 260 g/mol. The lowest BCUT2D eigenvalue weighted by Crippen LogP contribution is -2.09. The van der Waals surface area contributed by atoms with Gasteiger partial charge in [-0.2, -0.15) is 0 Å². The molecule has 0 saturated heterocycles. The fraction of sp³-hybridized carbons (Fsp3) is 0.333. The van der Waals surface area contributed by atoms with E-state index in [1.807, 2.05) is 11.5 Å². The van der Waals surface area contributed by atoms with Gasteiger partial charge in [0.2, 0.25) is 0 Å². The van der Waals surface area contributed by atoms with Crippen LogP contribution in [-0.2, 0) is 13.1 Å². The maximum atomic E-state index is 11.2. The Hall–Kier alpha value is -2.64. The molecule has 0 radical (unpaired) electrons. The topological polar surface area (TPSA) is 97.9 Å². The molecule has 1 aromatic carbocycles. The predicted molar refractivity (Wildman–Crippen MR) is 75.7 cm³/mol. The molecule has 2 rings (SSSR count). The highest BCUT2D eigenvalue weighted by Crippen LogP contribution is 2.32. The molecule has 0 aliphatic rings. The molecule has 20 heavy (non-hydrogen) atoms. The summed E-state index contributed by atoms with van der Waals surface area (Å²) in [6.45, 7) is 3.11. The number of aryl methyl sites for hydroxylation is 1.